The smallest absolute Gasteiger partial charge is 0.252 e. The van der Waals surface area contributed by atoms with Crippen LogP contribution in [0, 0.1) is 0 Å². The first kappa shape index (κ1) is 14.2. The minimum Gasteiger partial charge on any atom is -0.276 e. The zero-order valence-electron chi connectivity index (χ0n) is 9.44. The summed E-state index contributed by atoms with van der Waals surface area (Å²) in [6.07, 6.45) is 1.71. The summed E-state index contributed by atoms with van der Waals surface area (Å²) < 4.78 is 26.0. The molecular formula is C11H14ClNO3S. The van der Waals surface area contributed by atoms with Gasteiger partial charge in [0.15, 0.2) is 0 Å². The van der Waals surface area contributed by atoms with E-state index in [1.54, 1.807) is 0 Å². The van der Waals surface area contributed by atoms with Gasteiger partial charge in [0.1, 0.15) is 0 Å². The van der Waals surface area contributed by atoms with E-state index >= 15 is 0 Å². The van der Waals surface area contributed by atoms with Crippen LogP contribution in [0.5, 0.6) is 0 Å². The third-order valence-electron chi connectivity index (χ3n) is 2.21. The lowest BCUT2D eigenvalue weighted by atomic mass is 10.2. The van der Waals surface area contributed by atoms with Gasteiger partial charge in [-0.3, -0.25) is 4.79 Å². The van der Waals surface area contributed by atoms with Crippen LogP contribution in [0.2, 0.25) is 0 Å². The lowest BCUT2D eigenvalue weighted by Gasteiger charge is -2.06. The number of halogens is 1. The van der Waals surface area contributed by atoms with E-state index in [2.05, 4.69) is 4.72 Å². The normalized spacial score (nSPS) is 11.4. The quantitative estimate of drug-likeness (QED) is 0.639. The number of nitrogens with one attached hydrogen (secondary N) is 1. The molecule has 1 N–H and O–H groups in total. The van der Waals surface area contributed by atoms with Crippen LogP contribution in [0.4, 0.5) is 0 Å². The van der Waals surface area contributed by atoms with Crippen LogP contribution in [0.25, 0.3) is 0 Å². The Labute approximate surface area is 106 Å². The van der Waals surface area contributed by atoms with E-state index in [-0.39, 0.29) is 10.5 Å². The number of hydrogen-bond acceptors (Lipinski definition) is 3. The Bertz CT molecular complexity index is 482. The van der Waals surface area contributed by atoms with Crippen LogP contribution < -0.4 is 4.72 Å². The first-order valence-corrected chi connectivity index (χ1v) is 7.13. The fourth-order valence-corrected chi connectivity index (χ4v) is 2.43. The predicted molar refractivity (Wildman–Crippen MR) is 66.7 cm³/mol. The second-order valence-corrected chi connectivity index (χ2v) is 5.66. The predicted octanol–water partition coefficient (Wildman–Crippen LogP) is 2.14. The van der Waals surface area contributed by atoms with Crippen molar-refractivity contribution in [3.05, 3.63) is 29.8 Å². The first-order valence-electron chi connectivity index (χ1n) is 5.27. The Morgan fingerprint density at radius 3 is 2.35 bits per heavy atom. The summed E-state index contributed by atoms with van der Waals surface area (Å²) in [5.74, 6) is 0. The maximum Gasteiger partial charge on any atom is 0.252 e. The number of hydrogen-bond donors (Lipinski definition) is 1. The van der Waals surface area contributed by atoms with Crippen LogP contribution in [0.15, 0.2) is 29.2 Å². The maximum absolute atomic E-state index is 11.8. The number of benzene rings is 1. The van der Waals surface area contributed by atoms with Crippen molar-refractivity contribution in [2.45, 2.75) is 24.7 Å². The van der Waals surface area contributed by atoms with E-state index in [0.29, 0.717) is 6.54 Å². The molecule has 0 unspecified atom stereocenters. The fraction of sp³-hybridized carbons (Fsp3) is 0.364. The van der Waals surface area contributed by atoms with Gasteiger partial charge in [0.05, 0.1) is 4.90 Å². The van der Waals surface area contributed by atoms with Gasteiger partial charge in [0, 0.05) is 12.1 Å². The molecular weight excluding hydrogens is 262 g/mol. The van der Waals surface area contributed by atoms with Crippen LogP contribution >= 0.6 is 11.6 Å². The molecule has 0 heterocycles. The molecule has 0 amide bonds. The topological polar surface area (TPSA) is 63.2 Å². The zero-order valence-corrected chi connectivity index (χ0v) is 11.0. The molecule has 0 radical (unpaired) electrons. The van der Waals surface area contributed by atoms with Crippen LogP contribution in [-0.2, 0) is 10.0 Å². The Kier molecular flexibility index (Phi) is 5.11. The van der Waals surface area contributed by atoms with E-state index in [4.69, 9.17) is 11.6 Å². The van der Waals surface area contributed by atoms with Gasteiger partial charge in [-0.2, -0.15) is 0 Å². The molecule has 0 aromatic heterocycles. The molecule has 0 spiro atoms. The van der Waals surface area contributed by atoms with Crippen molar-refractivity contribution < 1.29 is 13.2 Å². The molecule has 0 aliphatic rings. The van der Waals surface area contributed by atoms with Crippen molar-refractivity contribution >= 4 is 26.9 Å². The summed E-state index contributed by atoms with van der Waals surface area (Å²) in [5.41, 5.74) is 0.277. The molecule has 0 atom stereocenters. The standard InChI is InChI=1S/C11H14ClNO3S/c1-2-3-8-13-17(15,16)10-6-4-9(5-7-10)11(12)14/h4-7,13H,2-3,8H2,1H3. The highest BCUT2D eigenvalue weighted by atomic mass is 35.5. The SMILES string of the molecule is CCCCNS(=O)(=O)c1ccc(C(=O)Cl)cc1. The van der Waals surface area contributed by atoms with Gasteiger partial charge in [-0.1, -0.05) is 13.3 Å². The third-order valence-corrected chi connectivity index (χ3v) is 3.91. The maximum atomic E-state index is 11.8. The molecule has 0 fully saturated rings. The molecule has 1 aromatic rings. The Morgan fingerprint density at radius 2 is 1.88 bits per heavy atom. The molecule has 0 bridgehead atoms. The third kappa shape index (κ3) is 4.11. The molecule has 0 aliphatic heterocycles. The van der Waals surface area contributed by atoms with Crippen LogP contribution in [-0.4, -0.2) is 20.2 Å². The molecule has 1 aromatic carbocycles. The summed E-state index contributed by atoms with van der Waals surface area (Å²) in [6, 6.07) is 5.52. The molecule has 4 nitrogen and oxygen atoms in total. The van der Waals surface area contributed by atoms with E-state index in [0.717, 1.165) is 12.8 Å². The number of carbonyl (C=O) groups excluding carboxylic acids is 1. The van der Waals surface area contributed by atoms with Crippen molar-refractivity contribution in [3.8, 4) is 0 Å². The number of carbonyl (C=O) groups is 1. The average Bonchev–Trinajstić information content (AvgIpc) is 2.29. The van der Waals surface area contributed by atoms with Gasteiger partial charge in [0.2, 0.25) is 10.0 Å². The van der Waals surface area contributed by atoms with E-state index in [9.17, 15) is 13.2 Å². The van der Waals surface area contributed by atoms with E-state index in [1.807, 2.05) is 6.92 Å². The lowest BCUT2D eigenvalue weighted by molar-refractivity contribution is 0.108. The Balaban J connectivity index is 2.81. The molecule has 0 aliphatic carbocycles. The summed E-state index contributed by atoms with van der Waals surface area (Å²) in [7, 11) is -3.48. The van der Waals surface area contributed by atoms with Crippen LogP contribution in [0.1, 0.15) is 30.1 Å². The van der Waals surface area contributed by atoms with Crippen molar-refractivity contribution in [1.82, 2.24) is 4.72 Å². The molecule has 17 heavy (non-hydrogen) atoms. The van der Waals surface area contributed by atoms with Crippen molar-refractivity contribution in [2.24, 2.45) is 0 Å². The Hall–Kier alpha value is -0.910. The van der Waals surface area contributed by atoms with Gasteiger partial charge < -0.3 is 0 Å². The van der Waals surface area contributed by atoms with Gasteiger partial charge in [-0.25, -0.2) is 13.1 Å². The highest BCUT2D eigenvalue weighted by Gasteiger charge is 2.13. The minimum absolute atomic E-state index is 0.135. The lowest BCUT2D eigenvalue weighted by Crippen LogP contribution is -2.24. The number of rotatable bonds is 6. The second-order valence-electron chi connectivity index (χ2n) is 3.55. The highest BCUT2D eigenvalue weighted by Crippen LogP contribution is 2.12. The molecule has 1 rings (SSSR count). The first-order chi connectivity index (χ1) is 7.97. The zero-order chi connectivity index (χ0) is 12.9. The minimum atomic E-state index is -3.48. The number of sulfonamides is 1. The Morgan fingerprint density at radius 1 is 1.29 bits per heavy atom. The van der Waals surface area contributed by atoms with Crippen molar-refractivity contribution in [2.75, 3.05) is 6.54 Å². The highest BCUT2D eigenvalue weighted by molar-refractivity contribution is 7.89. The van der Waals surface area contributed by atoms with Gasteiger partial charge in [0.25, 0.3) is 5.24 Å². The van der Waals surface area contributed by atoms with E-state index < -0.39 is 15.3 Å². The van der Waals surface area contributed by atoms with E-state index in [1.165, 1.54) is 24.3 Å². The second kappa shape index (κ2) is 6.14. The van der Waals surface area contributed by atoms with Crippen molar-refractivity contribution in [1.29, 1.82) is 0 Å². The van der Waals surface area contributed by atoms with Crippen LogP contribution in [0.3, 0.4) is 0 Å². The number of unbranched alkanes of at least 4 members (excludes halogenated alkanes) is 1. The summed E-state index contributed by atoms with van der Waals surface area (Å²) in [5, 5.41) is -0.604. The fourth-order valence-electron chi connectivity index (χ4n) is 1.23. The monoisotopic (exact) mass is 275 g/mol. The summed E-state index contributed by atoms with van der Waals surface area (Å²) in [6.45, 7) is 2.39. The van der Waals surface area contributed by atoms with Gasteiger partial charge >= 0.3 is 0 Å². The molecule has 0 saturated heterocycles. The largest absolute Gasteiger partial charge is 0.276 e. The van der Waals surface area contributed by atoms with Crippen molar-refractivity contribution in [3.63, 3.8) is 0 Å². The summed E-state index contributed by atoms with van der Waals surface area (Å²) in [4.78, 5) is 11.0. The molecule has 94 valence electrons. The average molecular weight is 276 g/mol. The molecule has 6 heteroatoms. The summed E-state index contributed by atoms with van der Waals surface area (Å²) >= 11 is 5.27. The van der Waals surface area contributed by atoms with Gasteiger partial charge in [-0.05, 0) is 42.3 Å². The molecule has 0 saturated carbocycles. The van der Waals surface area contributed by atoms with Gasteiger partial charge in [-0.15, -0.1) is 0 Å².